The van der Waals surface area contributed by atoms with Crippen LogP contribution in [-0.4, -0.2) is 21.1 Å². The van der Waals surface area contributed by atoms with Crippen molar-refractivity contribution in [3.63, 3.8) is 0 Å². The van der Waals surface area contributed by atoms with Crippen LogP contribution < -0.4 is 5.32 Å². The highest BCUT2D eigenvalue weighted by Crippen LogP contribution is 2.12. The second-order valence-corrected chi connectivity index (χ2v) is 4.02. The molecule has 0 saturated heterocycles. The summed E-state index contributed by atoms with van der Waals surface area (Å²) in [4.78, 5) is 15.4. The molecule has 92 valence electrons. The lowest BCUT2D eigenvalue weighted by molar-refractivity contribution is -0.111. The third-order valence-corrected chi connectivity index (χ3v) is 2.50. The van der Waals surface area contributed by atoms with Gasteiger partial charge in [0, 0.05) is 6.08 Å². The fourth-order valence-electron chi connectivity index (χ4n) is 1.60. The molecule has 2 aromatic rings. The van der Waals surface area contributed by atoms with E-state index in [1.807, 2.05) is 26.0 Å². The molecule has 5 nitrogen and oxygen atoms in total. The standard InChI is InChI=1S/C13H14N4O/c1-9-3-4-11(10(2)7-9)5-6-12(18)16-13-14-8-15-17-13/h3-8H,1-2H3,(H2,14,15,16,17,18)/b6-5-. The number of benzene rings is 1. The Kier molecular flexibility index (Phi) is 3.52. The summed E-state index contributed by atoms with van der Waals surface area (Å²) in [6.45, 7) is 4.05. The van der Waals surface area contributed by atoms with E-state index in [2.05, 4.69) is 26.6 Å². The largest absolute Gasteiger partial charge is 0.291 e. The van der Waals surface area contributed by atoms with Gasteiger partial charge in [-0.25, -0.2) is 5.10 Å². The summed E-state index contributed by atoms with van der Waals surface area (Å²) in [6, 6.07) is 6.08. The van der Waals surface area contributed by atoms with Crippen molar-refractivity contribution in [1.29, 1.82) is 0 Å². The number of rotatable bonds is 3. The first-order valence-electron chi connectivity index (χ1n) is 5.57. The van der Waals surface area contributed by atoms with E-state index in [1.165, 1.54) is 18.0 Å². The lowest BCUT2D eigenvalue weighted by Crippen LogP contribution is -2.09. The van der Waals surface area contributed by atoms with E-state index in [0.29, 0.717) is 5.95 Å². The van der Waals surface area contributed by atoms with Crippen LogP contribution in [0.5, 0.6) is 0 Å². The number of aryl methyl sites for hydroxylation is 2. The van der Waals surface area contributed by atoms with Gasteiger partial charge in [-0.3, -0.25) is 10.1 Å². The zero-order chi connectivity index (χ0) is 13.0. The van der Waals surface area contributed by atoms with E-state index >= 15 is 0 Å². The van der Waals surface area contributed by atoms with Gasteiger partial charge in [0.05, 0.1) is 0 Å². The minimum atomic E-state index is -0.244. The van der Waals surface area contributed by atoms with E-state index in [-0.39, 0.29) is 5.91 Å². The molecule has 0 atom stereocenters. The Hall–Kier alpha value is -2.43. The van der Waals surface area contributed by atoms with Crippen molar-refractivity contribution >= 4 is 17.9 Å². The summed E-state index contributed by atoms with van der Waals surface area (Å²) < 4.78 is 0. The van der Waals surface area contributed by atoms with Gasteiger partial charge >= 0.3 is 0 Å². The van der Waals surface area contributed by atoms with Crippen molar-refractivity contribution in [3.05, 3.63) is 47.3 Å². The maximum atomic E-state index is 11.6. The molecule has 0 bridgehead atoms. The SMILES string of the molecule is Cc1ccc(/C=C\C(=O)Nc2ncn[nH]2)c(C)c1. The highest BCUT2D eigenvalue weighted by Gasteiger charge is 2.00. The summed E-state index contributed by atoms with van der Waals surface area (Å²) in [5.41, 5.74) is 3.36. The van der Waals surface area contributed by atoms with Crippen molar-refractivity contribution in [2.45, 2.75) is 13.8 Å². The Morgan fingerprint density at radius 2 is 2.22 bits per heavy atom. The fourth-order valence-corrected chi connectivity index (χ4v) is 1.60. The summed E-state index contributed by atoms with van der Waals surface area (Å²) in [5.74, 6) is 0.0944. The average Bonchev–Trinajstić information content (AvgIpc) is 2.80. The smallest absolute Gasteiger partial charge is 0.250 e. The number of nitrogens with zero attached hydrogens (tertiary/aromatic N) is 2. The fraction of sp³-hybridized carbons (Fsp3) is 0.154. The van der Waals surface area contributed by atoms with Gasteiger partial charge in [0.2, 0.25) is 5.95 Å². The molecule has 0 aliphatic carbocycles. The number of carbonyl (C=O) groups excluding carboxylic acids is 1. The predicted octanol–water partition coefficient (Wildman–Crippen LogP) is 2.07. The molecule has 0 saturated carbocycles. The van der Waals surface area contributed by atoms with Gasteiger partial charge in [0.25, 0.3) is 5.91 Å². The number of amides is 1. The van der Waals surface area contributed by atoms with Crippen molar-refractivity contribution in [2.75, 3.05) is 5.32 Å². The highest BCUT2D eigenvalue weighted by molar-refractivity contribution is 6.00. The molecule has 0 radical (unpaired) electrons. The molecule has 1 amide bonds. The van der Waals surface area contributed by atoms with E-state index in [9.17, 15) is 4.79 Å². The van der Waals surface area contributed by atoms with Crippen molar-refractivity contribution < 1.29 is 4.79 Å². The van der Waals surface area contributed by atoms with Crippen LogP contribution in [0.4, 0.5) is 5.95 Å². The van der Waals surface area contributed by atoms with E-state index in [0.717, 1.165) is 11.1 Å². The number of hydrogen-bond acceptors (Lipinski definition) is 3. The van der Waals surface area contributed by atoms with Crippen LogP contribution in [0.1, 0.15) is 16.7 Å². The molecule has 5 heteroatoms. The molecule has 1 aromatic carbocycles. The quantitative estimate of drug-likeness (QED) is 0.809. The van der Waals surface area contributed by atoms with Gasteiger partial charge < -0.3 is 0 Å². The van der Waals surface area contributed by atoms with E-state index < -0.39 is 0 Å². The van der Waals surface area contributed by atoms with Crippen molar-refractivity contribution in [1.82, 2.24) is 15.2 Å². The van der Waals surface area contributed by atoms with Crippen LogP contribution >= 0.6 is 0 Å². The molecule has 0 aliphatic heterocycles. The Labute approximate surface area is 105 Å². The summed E-state index contributed by atoms with van der Waals surface area (Å²) >= 11 is 0. The summed E-state index contributed by atoms with van der Waals surface area (Å²) in [6.07, 6.45) is 4.59. The molecule has 0 aliphatic rings. The Bertz CT molecular complexity index is 573. The number of anilines is 1. The molecular formula is C13H14N4O. The van der Waals surface area contributed by atoms with Crippen LogP contribution in [0, 0.1) is 13.8 Å². The Morgan fingerprint density at radius 3 is 2.89 bits per heavy atom. The maximum absolute atomic E-state index is 11.6. The van der Waals surface area contributed by atoms with Crippen LogP contribution in [0.25, 0.3) is 6.08 Å². The van der Waals surface area contributed by atoms with Crippen molar-refractivity contribution in [3.8, 4) is 0 Å². The minimum absolute atomic E-state index is 0.244. The van der Waals surface area contributed by atoms with Crippen LogP contribution in [0.15, 0.2) is 30.6 Å². The second kappa shape index (κ2) is 5.27. The molecule has 2 N–H and O–H groups in total. The molecule has 1 heterocycles. The Morgan fingerprint density at radius 1 is 1.39 bits per heavy atom. The third-order valence-electron chi connectivity index (χ3n) is 2.50. The van der Waals surface area contributed by atoms with Gasteiger partial charge in [0.1, 0.15) is 6.33 Å². The topological polar surface area (TPSA) is 70.7 Å². The molecule has 2 rings (SSSR count). The molecule has 1 aromatic heterocycles. The maximum Gasteiger partial charge on any atom is 0.250 e. The summed E-state index contributed by atoms with van der Waals surface area (Å²) in [7, 11) is 0. The zero-order valence-corrected chi connectivity index (χ0v) is 10.3. The van der Waals surface area contributed by atoms with Gasteiger partial charge in [-0.1, -0.05) is 23.8 Å². The molecule has 0 fully saturated rings. The number of aromatic amines is 1. The van der Waals surface area contributed by atoms with Gasteiger partial charge in [-0.15, -0.1) is 0 Å². The monoisotopic (exact) mass is 242 g/mol. The van der Waals surface area contributed by atoms with Crippen LogP contribution in [0.3, 0.4) is 0 Å². The first-order chi connectivity index (χ1) is 8.65. The number of nitrogens with one attached hydrogen (secondary N) is 2. The number of aromatic nitrogens is 3. The lowest BCUT2D eigenvalue weighted by Gasteiger charge is -2.01. The first kappa shape index (κ1) is 12.0. The van der Waals surface area contributed by atoms with Gasteiger partial charge in [-0.2, -0.15) is 10.1 Å². The molecule has 0 unspecified atom stereocenters. The van der Waals surface area contributed by atoms with Crippen LogP contribution in [-0.2, 0) is 4.79 Å². The van der Waals surface area contributed by atoms with Crippen molar-refractivity contribution in [2.24, 2.45) is 0 Å². The highest BCUT2D eigenvalue weighted by atomic mass is 16.1. The molecular weight excluding hydrogens is 228 g/mol. The lowest BCUT2D eigenvalue weighted by atomic mass is 10.1. The zero-order valence-electron chi connectivity index (χ0n) is 10.3. The van der Waals surface area contributed by atoms with Gasteiger partial charge in [0.15, 0.2) is 0 Å². The third kappa shape index (κ3) is 3.04. The first-order valence-corrected chi connectivity index (χ1v) is 5.57. The van der Waals surface area contributed by atoms with E-state index in [1.54, 1.807) is 6.08 Å². The average molecular weight is 242 g/mol. The molecule has 0 spiro atoms. The Balaban J connectivity index is 2.04. The summed E-state index contributed by atoms with van der Waals surface area (Å²) in [5, 5.41) is 8.77. The number of carbonyl (C=O) groups is 1. The van der Waals surface area contributed by atoms with Crippen LogP contribution in [0.2, 0.25) is 0 Å². The molecule has 18 heavy (non-hydrogen) atoms. The van der Waals surface area contributed by atoms with E-state index in [4.69, 9.17) is 0 Å². The normalized spacial score (nSPS) is 10.8. The number of H-pyrrole nitrogens is 1. The minimum Gasteiger partial charge on any atom is -0.291 e. The van der Waals surface area contributed by atoms with Gasteiger partial charge in [-0.05, 0) is 31.1 Å². The second-order valence-electron chi connectivity index (χ2n) is 4.02. The predicted molar refractivity (Wildman–Crippen MR) is 70.0 cm³/mol. The number of hydrogen-bond donors (Lipinski definition) is 2.